The molecule has 0 aliphatic heterocycles. The summed E-state index contributed by atoms with van der Waals surface area (Å²) >= 11 is 1.96. The van der Waals surface area contributed by atoms with Crippen LogP contribution in [0, 0.1) is 0 Å². The van der Waals surface area contributed by atoms with Gasteiger partial charge in [0, 0.05) is 31.8 Å². The Balaban J connectivity index is 1.20. The normalized spacial score (nSPS) is 14.1. The van der Waals surface area contributed by atoms with E-state index in [-0.39, 0.29) is 0 Å². The van der Waals surface area contributed by atoms with Crippen LogP contribution in [0.25, 0.3) is 60.3 Å². The predicted molar refractivity (Wildman–Crippen MR) is 233 cm³/mol. The zero-order valence-electron chi connectivity index (χ0n) is 30.2. The van der Waals surface area contributed by atoms with E-state index in [0.29, 0.717) is 0 Å². The number of benzene rings is 8. The molecular weight excluding hydrogens is 683 g/mol. The average molecular weight is 718 g/mol. The highest BCUT2D eigenvalue weighted by Gasteiger charge is 2.52. The smallest absolute Gasteiger partial charge is 0.0726 e. The quantitative estimate of drug-likeness (QED) is 0.175. The molecule has 3 aliphatic rings. The van der Waals surface area contributed by atoms with Crippen molar-refractivity contribution >= 4 is 55.3 Å². The second kappa shape index (κ2) is 11.8. The first-order chi connectivity index (χ1) is 27.3. The molecule has 0 radical (unpaired) electrons. The van der Waals surface area contributed by atoms with Gasteiger partial charge in [0.25, 0.3) is 0 Å². The first kappa shape index (κ1) is 30.9. The standard InChI is InChI=1S/C53H35NS/c1-2-16-35(17-3-1)51-37-18-5-4-15-34(37)29-32-48(51)54(36-30-31-41-40-21-9-13-28-49(40)55-50(41)33-36)47-27-14-26-46-52(47)42-22-8-12-25-45(42)53(46)43-23-10-6-19-38(43)39-20-7-11-24-44(39)53/h1-12,14-27,29-33H,13,28H2. The second-order valence-electron chi connectivity index (χ2n) is 15.0. The Kier molecular flexibility index (Phi) is 6.61. The van der Waals surface area contributed by atoms with Crippen LogP contribution in [0.2, 0.25) is 0 Å². The fourth-order valence-electron chi connectivity index (χ4n) is 10.2. The SMILES string of the molecule is C1=Cc2c(sc3cc(N(c4cccc5c4-c4ccccc4C54c5ccccc5-c5ccccc54)c4ccc5ccccc5c4-c4ccccc4)ccc23)CC1. The Morgan fingerprint density at radius 1 is 0.491 bits per heavy atom. The van der Waals surface area contributed by atoms with Gasteiger partial charge >= 0.3 is 0 Å². The van der Waals surface area contributed by atoms with Crippen molar-refractivity contribution in [1.82, 2.24) is 0 Å². The summed E-state index contributed by atoms with van der Waals surface area (Å²) in [6.45, 7) is 0. The summed E-state index contributed by atoms with van der Waals surface area (Å²) < 4.78 is 1.34. The molecule has 1 aromatic heterocycles. The molecule has 0 saturated heterocycles. The molecule has 1 heterocycles. The minimum Gasteiger partial charge on any atom is -0.309 e. The van der Waals surface area contributed by atoms with Crippen LogP contribution in [0.15, 0.2) is 182 Å². The lowest BCUT2D eigenvalue weighted by atomic mass is 9.70. The Hall–Kier alpha value is -6.48. The van der Waals surface area contributed by atoms with E-state index < -0.39 is 5.41 Å². The van der Waals surface area contributed by atoms with Crippen LogP contribution < -0.4 is 4.90 Å². The number of rotatable bonds is 4. The largest absolute Gasteiger partial charge is 0.309 e. The molecule has 9 aromatic rings. The van der Waals surface area contributed by atoms with Crippen molar-refractivity contribution in [1.29, 1.82) is 0 Å². The van der Waals surface area contributed by atoms with Gasteiger partial charge in [0.1, 0.15) is 0 Å². The lowest BCUT2D eigenvalue weighted by Crippen LogP contribution is -2.26. The number of aryl methyl sites for hydroxylation is 1. The number of fused-ring (bicyclic) bond motifs is 14. The minimum absolute atomic E-state index is 0.421. The van der Waals surface area contributed by atoms with E-state index in [4.69, 9.17) is 0 Å². The van der Waals surface area contributed by atoms with Crippen LogP contribution >= 0.6 is 11.3 Å². The van der Waals surface area contributed by atoms with Gasteiger partial charge in [-0.05, 0) is 98.0 Å². The molecule has 12 rings (SSSR count). The van der Waals surface area contributed by atoms with Crippen LogP contribution in [-0.4, -0.2) is 0 Å². The molecule has 0 bridgehead atoms. The third-order valence-corrected chi connectivity index (χ3v) is 13.5. The van der Waals surface area contributed by atoms with E-state index in [1.54, 1.807) is 0 Å². The van der Waals surface area contributed by atoms with Crippen molar-refractivity contribution in [2.45, 2.75) is 18.3 Å². The van der Waals surface area contributed by atoms with E-state index >= 15 is 0 Å². The molecule has 0 N–H and O–H groups in total. The van der Waals surface area contributed by atoms with Crippen LogP contribution in [-0.2, 0) is 11.8 Å². The van der Waals surface area contributed by atoms with Crippen LogP contribution in [0.1, 0.15) is 39.1 Å². The molecule has 1 nitrogen and oxygen atoms in total. The maximum absolute atomic E-state index is 2.57. The highest BCUT2D eigenvalue weighted by atomic mass is 32.1. The maximum Gasteiger partial charge on any atom is 0.0726 e. The highest BCUT2D eigenvalue weighted by molar-refractivity contribution is 7.19. The van der Waals surface area contributed by atoms with E-state index in [1.807, 2.05) is 11.3 Å². The Morgan fingerprint density at radius 3 is 1.95 bits per heavy atom. The van der Waals surface area contributed by atoms with Crippen molar-refractivity contribution in [2.24, 2.45) is 0 Å². The van der Waals surface area contributed by atoms with Gasteiger partial charge in [-0.1, -0.05) is 164 Å². The van der Waals surface area contributed by atoms with Crippen molar-refractivity contribution < 1.29 is 0 Å². The summed E-state index contributed by atoms with van der Waals surface area (Å²) in [6.07, 6.45) is 6.89. The molecule has 55 heavy (non-hydrogen) atoms. The number of hydrogen-bond donors (Lipinski definition) is 0. The first-order valence-electron chi connectivity index (χ1n) is 19.3. The average Bonchev–Trinajstić information content (AvgIpc) is 3.88. The van der Waals surface area contributed by atoms with E-state index in [9.17, 15) is 0 Å². The summed E-state index contributed by atoms with van der Waals surface area (Å²) in [5, 5.41) is 3.83. The molecule has 1 spiro atoms. The molecule has 0 atom stereocenters. The van der Waals surface area contributed by atoms with Crippen LogP contribution in [0.3, 0.4) is 0 Å². The molecule has 0 saturated carbocycles. The molecule has 8 aromatic carbocycles. The summed E-state index contributed by atoms with van der Waals surface area (Å²) in [6, 6.07) is 66.1. The minimum atomic E-state index is -0.421. The van der Waals surface area contributed by atoms with Gasteiger partial charge in [0.15, 0.2) is 0 Å². The topological polar surface area (TPSA) is 3.24 Å². The zero-order valence-corrected chi connectivity index (χ0v) is 31.0. The maximum atomic E-state index is 2.57. The number of allylic oxidation sites excluding steroid dienone is 1. The molecule has 3 aliphatic carbocycles. The molecular formula is C53H35NS. The zero-order chi connectivity index (χ0) is 36.1. The van der Waals surface area contributed by atoms with E-state index in [1.165, 1.54) is 104 Å². The Morgan fingerprint density at radius 2 is 1.15 bits per heavy atom. The third-order valence-electron chi connectivity index (χ3n) is 12.3. The summed E-state index contributed by atoms with van der Waals surface area (Å²) in [5.41, 5.74) is 17.6. The molecule has 0 fully saturated rings. The van der Waals surface area contributed by atoms with Crippen LogP contribution in [0.5, 0.6) is 0 Å². The lowest BCUT2D eigenvalue weighted by molar-refractivity contribution is 0.794. The van der Waals surface area contributed by atoms with Crippen molar-refractivity contribution in [3.8, 4) is 33.4 Å². The van der Waals surface area contributed by atoms with Gasteiger partial charge in [-0.2, -0.15) is 0 Å². The third kappa shape index (κ3) is 4.23. The summed E-state index contributed by atoms with van der Waals surface area (Å²) in [4.78, 5) is 4.07. The molecule has 258 valence electrons. The molecule has 2 heteroatoms. The second-order valence-corrected chi connectivity index (χ2v) is 16.2. The van der Waals surface area contributed by atoms with E-state index in [2.05, 4.69) is 193 Å². The Bertz CT molecular complexity index is 3010. The number of hydrogen-bond acceptors (Lipinski definition) is 2. The lowest BCUT2D eigenvalue weighted by Gasteiger charge is -2.32. The van der Waals surface area contributed by atoms with Crippen molar-refractivity contribution in [2.75, 3.05) is 4.90 Å². The molecule has 0 unspecified atom stereocenters. The molecule has 0 amide bonds. The number of thiophene rings is 1. The van der Waals surface area contributed by atoms with Gasteiger partial charge in [0.2, 0.25) is 0 Å². The van der Waals surface area contributed by atoms with Gasteiger partial charge in [-0.3, -0.25) is 0 Å². The van der Waals surface area contributed by atoms with Gasteiger partial charge in [0.05, 0.1) is 16.8 Å². The Labute approximate surface area is 325 Å². The highest BCUT2D eigenvalue weighted by Crippen LogP contribution is 2.65. The van der Waals surface area contributed by atoms with Gasteiger partial charge in [-0.15, -0.1) is 11.3 Å². The van der Waals surface area contributed by atoms with E-state index in [0.717, 1.165) is 12.8 Å². The number of nitrogens with zero attached hydrogens (tertiary/aromatic N) is 1. The first-order valence-corrected chi connectivity index (χ1v) is 20.1. The van der Waals surface area contributed by atoms with Crippen molar-refractivity contribution in [3.05, 3.63) is 215 Å². The number of anilines is 3. The fourth-order valence-corrected chi connectivity index (χ4v) is 11.4. The van der Waals surface area contributed by atoms with Crippen LogP contribution in [0.4, 0.5) is 17.1 Å². The van der Waals surface area contributed by atoms with Gasteiger partial charge in [-0.25, -0.2) is 0 Å². The van der Waals surface area contributed by atoms with Crippen molar-refractivity contribution in [3.63, 3.8) is 0 Å². The summed E-state index contributed by atoms with van der Waals surface area (Å²) in [5.74, 6) is 0. The predicted octanol–water partition coefficient (Wildman–Crippen LogP) is 14.5. The monoisotopic (exact) mass is 717 g/mol. The van der Waals surface area contributed by atoms with Gasteiger partial charge < -0.3 is 4.90 Å². The fraction of sp³-hybridized carbons (Fsp3) is 0.0566. The summed E-state index contributed by atoms with van der Waals surface area (Å²) in [7, 11) is 0.